The predicted octanol–water partition coefficient (Wildman–Crippen LogP) is 2.53. The molecule has 3 heterocycles. The fourth-order valence-corrected chi connectivity index (χ4v) is 6.47. The minimum Gasteiger partial charge on any atom is -0.486 e. The van der Waals surface area contributed by atoms with Gasteiger partial charge < -0.3 is 19.9 Å². The number of hydrogen-bond donors (Lipinski definition) is 1. The topological polar surface area (TPSA) is 108 Å². The van der Waals surface area contributed by atoms with E-state index in [0.29, 0.717) is 35.2 Å². The zero-order valence-corrected chi connectivity index (χ0v) is 18.1. The Morgan fingerprint density at radius 2 is 1.84 bits per heavy atom. The quantitative estimate of drug-likeness (QED) is 0.641. The summed E-state index contributed by atoms with van der Waals surface area (Å²) in [5.41, 5.74) is 6.27. The molecule has 1 fully saturated rings. The van der Waals surface area contributed by atoms with Crippen LogP contribution in [0.4, 0.5) is 0 Å². The highest BCUT2D eigenvalue weighted by Gasteiger charge is 2.35. The van der Waals surface area contributed by atoms with Gasteiger partial charge in [-0.15, -0.1) is 11.3 Å². The summed E-state index contributed by atoms with van der Waals surface area (Å²) < 4.78 is 45.9. The SMILES string of the molecule is NC(=O)c1sc2ccccc2c1C1CN(S(=O)(=O)c2ccc3c(c2)OCCO3)CCO1. The van der Waals surface area contributed by atoms with Crippen LogP contribution < -0.4 is 15.2 Å². The van der Waals surface area contributed by atoms with Gasteiger partial charge in [-0.3, -0.25) is 4.79 Å². The molecule has 0 spiro atoms. The molecule has 1 saturated heterocycles. The van der Waals surface area contributed by atoms with Gasteiger partial charge in [0.25, 0.3) is 5.91 Å². The lowest BCUT2D eigenvalue weighted by atomic mass is 10.0. The number of fused-ring (bicyclic) bond motifs is 2. The highest BCUT2D eigenvalue weighted by atomic mass is 32.2. The van der Waals surface area contributed by atoms with Gasteiger partial charge in [-0.05, 0) is 23.6 Å². The van der Waals surface area contributed by atoms with Crippen LogP contribution in [-0.2, 0) is 14.8 Å². The number of hydrogen-bond acceptors (Lipinski definition) is 7. The van der Waals surface area contributed by atoms with E-state index in [9.17, 15) is 13.2 Å². The highest BCUT2D eigenvalue weighted by molar-refractivity contribution is 7.89. The van der Waals surface area contributed by atoms with Crippen molar-refractivity contribution in [3.8, 4) is 11.5 Å². The molecule has 5 rings (SSSR count). The molecule has 8 nitrogen and oxygen atoms in total. The summed E-state index contributed by atoms with van der Waals surface area (Å²) in [4.78, 5) is 12.6. The maximum Gasteiger partial charge on any atom is 0.259 e. The van der Waals surface area contributed by atoms with Crippen molar-refractivity contribution in [3.63, 3.8) is 0 Å². The van der Waals surface area contributed by atoms with E-state index in [0.717, 1.165) is 10.1 Å². The average molecular weight is 461 g/mol. The van der Waals surface area contributed by atoms with Gasteiger partial charge in [-0.2, -0.15) is 4.31 Å². The first-order chi connectivity index (χ1) is 14.9. The van der Waals surface area contributed by atoms with Gasteiger partial charge in [0.2, 0.25) is 10.0 Å². The van der Waals surface area contributed by atoms with E-state index in [1.165, 1.54) is 27.8 Å². The Hall–Kier alpha value is -2.66. The molecule has 1 amide bonds. The predicted molar refractivity (Wildman–Crippen MR) is 115 cm³/mol. The number of sulfonamides is 1. The van der Waals surface area contributed by atoms with Crippen LogP contribution in [0.15, 0.2) is 47.4 Å². The number of benzene rings is 2. The van der Waals surface area contributed by atoms with E-state index in [2.05, 4.69) is 0 Å². The molecule has 3 aromatic rings. The lowest BCUT2D eigenvalue weighted by Crippen LogP contribution is -2.42. The van der Waals surface area contributed by atoms with E-state index < -0.39 is 22.0 Å². The van der Waals surface area contributed by atoms with Gasteiger partial charge >= 0.3 is 0 Å². The number of ether oxygens (including phenoxy) is 3. The summed E-state index contributed by atoms with van der Waals surface area (Å²) in [6, 6.07) is 12.2. The molecule has 2 aromatic carbocycles. The van der Waals surface area contributed by atoms with Crippen molar-refractivity contribution in [2.24, 2.45) is 5.73 Å². The number of carbonyl (C=O) groups is 1. The highest BCUT2D eigenvalue weighted by Crippen LogP contribution is 2.39. The number of primary amides is 1. The van der Waals surface area contributed by atoms with Crippen molar-refractivity contribution in [1.29, 1.82) is 0 Å². The maximum atomic E-state index is 13.4. The zero-order chi connectivity index (χ0) is 21.6. The molecule has 2 aliphatic rings. The van der Waals surface area contributed by atoms with Crippen LogP contribution in [0.1, 0.15) is 21.3 Å². The fraction of sp³-hybridized carbons (Fsp3) is 0.286. The number of morpholine rings is 1. The third kappa shape index (κ3) is 3.55. The summed E-state index contributed by atoms with van der Waals surface area (Å²) in [7, 11) is -3.80. The van der Waals surface area contributed by atoms with Crippen LogP contribution in [0.2, 0.25) is 0 Å². The first-order valence-corrected chi connectivity index (χ1v) is 12.0. The van der Waals surface area contributed by atoms with Crippen molar-refractivity contribution in [1.82, 2.24) is 4.31 Å². The number of rotatable bonds is 4. The fourth-order valence-electron chi connectivity index (χ4n) is 3.92. The van der Waals surface area contributed by atoms with Crippen LogP contribution in [-0.4, -0.2) is 51.5 Å². The van der Waals surface area contributed by atoms with Crippen LogP contribution in [0.3, 0.4) is 0 Å². The summed E-state index contributed by atoms with van der Waals surface area (Å²) >= 11 is 1.29. The number of thiophene rings is 1. The molecule has 2 aliphatic heterocycles. The Balaban J connectivity index is 1.49. The van der Waals surface area contributed by atoms with Crippen molar-refractivity contribution in [2.45, 2.75) is 11.0 Å². The third-order valence-electron chi connectivity index (χ3n) is 5.36. The van der Waals surface area contributed by atoms with Crippen LogP contribution >= 0.6 is 11.3 Å². The summed E-state index contributed by atoms with van der Waals surface area (Å²) in [5.74, 6) is 0.393. The second-order valence-corrected chi connectivity index (χ2v) is 10.2. The Morgan fingerprint density at radius 3 is 2.65 bits per heavy atom. The smallest absolute Gasteiger partial charge is 0.259 e. The lowest BCUT2D eigenvalue weighted by molar-refractivity contribution is -0.00189. The van der Waals surface area contributed by atoms with Gasteiger partial charge in [0, 0.05) is 29.4 Å². The summed E-state index contributed by atoms with van der Waals surface area (Å²) in [6.45, 7) is 1.30. The number of nitrogens with two attached hydrogens (primary N) is 1. The van der Waals surface area contributed by atoms with Crippen molar-refractivity contribution in [2.75, 3.05) is 32.9 Å². The van der Waals surface area contributed by atoms with Gasteiger partial charge in [0.05, 0.1) is 22.5 Å². The second-order valence-electron chi connectivity index (χ2n) is 7.23. The Kier molecular flexibility index (Phi) is 5.09. The van der Waals surface area contributed by atoms with Gasteiger partial charge in [0.15, 0.2) is 11.5 Å². The molecular weight excluding hydrogens is 440 g/mol. The standard InChI is InChI=1S/C21H20N2O6S2/c22-21(24)20-19(14-3-1-2-4-18(14)30-20)17-12-23(7-8-27-17)31(25,26)13-5-6-15-16(11-13)29-10-9-28-15/h1-6,11,17H,7-10,12H2,(H2,22,24). The van der Waals surface area contributed by atoms with E-state index in [-0.39, 0.29) is 24.6 Å². The van der Waals surface area contributed by atoms with E-state index in [1.807, 2.05) is 24.3 Å². The molecule has 10 heteroatoms. The molecule has 2 N–H and O–H groups in total. The maximum absolute atomic E-state index is 13.4. The van der Waals surface area contributed by atoms with Crippen LogP contribution in [0.25, 0.3) is 10.1 Å². The minimum absolute atomic E-state index is 0.0811. The summed E-state index contributed by atoms with van der Waals surface area (Å²) in [5, 5.41) is 0.852. The van der Waals surface area contributed by atoms with E-state index >= 15 is 0 Å². The molecule has 31 heavy (non-hydrogen) atoms. The van der Waals surface area contributed by atoms with Crippen molar-refractivity contribution < 1.29 is 27.4 Å². The molecule has 1 unspecified atom stereocenters. The number of carbonyl (C=O) groups excluding carboxylic acids is 1. The van der Waals surface area contributed by atoms with Crippen molar-refractivity contribution in [3.05, 3.63) is 52.9 Å². The molecular formula is C21H20N2O6S2. The zero-order valence-electron chi connectivity index (χ0n) is 16.4. The first-order valence-electron chi connectivity index (χ1n) is 9.78. The molecule has 0 bridgehead atoms. The molecule has 0 saturated carbocycles. The van der Waals surface area contributed by atoms with Crippen LogP contribution in [0, 0.1) is 0 Å². The number of nitrogens with zero attached hydrogens (tertiary/aromatic N) is 1. The molecule has 1 atom stereocenters. The Bertz CT molecular complexity index is 1270. The van der Waals surface area contributed by atoms with E-state index in [1.54, 1.807) is 6.07 Å². The monoisotopic (exact) mass is 460 g/mol. The average Bonchev–Trinajstić information content (AvgIpc) is 3.19. The van der Waals surface area contributed by atoms with Crippen LogP contribution in [0.5, 0.6) is 11.5 Å². The second kappa shape index (κ2) is 7.79. The minimum atomic E-state index is -3.80. The summed E-state index contributed by atoms with van der Waals surface area (Å²) in [6.07, 6.45) is -0.598. The largest absolute Gasteiger partial charge is 0.486 e. The first kappa shape index (κ1) is 20.3. The molecule has 162 valence electrons. The lowest BCUT2D eigenvalue weighted by Gasteiger charge is -2.32. The third-order valence-corrected chi connectivity index (χ3v) is 8.42. The van der Waals surface area contributed by atoms with Crippen molar-refractivity contribution >= 4 is 37.4 Å². The number of amides is 1. The molecule has 1 aromatic heterocycles. The van der Waals surface area contributed by atoms with Gasteiger partial charge in [0.1, 0.15) is 13.2 Å². The normalized spacial score (nSPS) is 19.4. The van der Waals surface area contributed by atoms with E-state index in [4.69, 9.17) is 19.9 Å². The Labute approximate surface area is 183 Å². The Morgan fingerprint density at radius 1 is 1.06 bits per heavy atom. The van der Waals surface area contributed by atoms with Gasteiger partial charge in [-0.25, -0.2) is 8.42 Å². The molecule has 0 aliphatic carbocycles. The molecule has 0 radical (unpaired) electrons. The van der Waals surface area contributed by atoms with Gasteiger partial charge in [-0.1, -0.05) is 18.2 Å².